The molecule has 202 valence electrons. The van der Waals surface area contributed by atoms with Gasteiger partial charge in [0.05, 0.1) is 48.2 Å². The highest BCUT2D eigenvalue weighted by atomic mass is 16.5. The minimum atomic E-state index is -0.934. The van der Waals surface area contributed by atoms with Crippen molar-refractivity contribution in [1.29, 1.82) is 0 Å². The first-order valence-corrected chi connectivity index (χ1v) is 13.0. The first kappa shape index (κ1) is 26.5. The molecule has 0 aliphatic carbocycles. The zero-order chi connectivity index (χ0) is 27.6. The number of ether oxygens (including phenoxy) is 1. The average molecular weight is 527 g/mol. The highest BCUT2D eigenvalue weighted by Crippen LogP contribution is 2.37. The van der Waals surface area contributed by atoms with E-state index in [1.165, 1.54) is 6.20 Å². The second kappa shape index (κ2) is 11.0. The van der Waals surface area contributed by atoms with Crippen molar-refractivity contribution in [2.24, 2.45) is 10.7 Å². The Bertz CT molecular complexity index is 1500. The van der Waals surface area contributed by atoms with Gasteiger partial charge in [0.25, 0.3) is 0 Å². The number of morpholine rings is 1. The number of aliphatic imine (C=N–C) groups is 1. The molecule has 0 amide bonds. The lowest BCUT2D eigenvalue weighted by Gasteiger charge is -2.37. The fraction of sp³-hybridized carbons (Fsp3) is 0.333. The van der Waals surface area contributed by atoms with Gasteiger partial charge in [-0.2, -0.15) is 0 Å². The van der Waals surface area contributed by atoms with Crippen molar-refractivity contribution in [3.63, 3.8) is 0 Å². The summed E-state index contributed by atoms with van der Waals surface area (Å²) in [7, 11) is 0. The van der Waals surface area contributed by atoms with Gasteiger partial charge in [-0.1, -0.05) is 41.6 Å². The summed E-state index contributed by atoms with van der Waals surface area (Å²) in [5.74, 6) is 2.01. The third kappa shape index (κ3) is 5.69. The van der Waals surface area contributed by atoms with Crippen molar-refractivity contribution in [2.75, 3.05) is 31.2 Å². The van der Waals surface area contributed by atoms with Crippen molar-refractivity contribution >= 4 is 28.5 Å². The predicted octanol–water partition coefficient (Wildman–Crippen LogP) is 4.62. The number of aliphatic hydroxyl groups is 1. The van der Waals surface area contributed by atoms with Crippen LogP contribution in [0.1, 0.15) is 42.7 Å². The summed E-state index contributed by atoms with van der Waals surface area (Å²) in [5.41, 5.74) is 10.4. The lowest BCUT2D eigenvalue weighted by atomic mass is 10.0. The molecule has 1 atom stereocenters. The van der Waals surface area contributed by atoms with Gasteiger partial charge in [0.1, 0.15) is 11.6 Å². The number of fused-ring (bicyclic) bond motifs is 1. The van der Waals surface area contributed by atoms with E-state index < -0.39 is 5.60 Å². The van der Waals surface area contributed by atoms with Gasteiger partial charge in [0.2, 0.25) is 0 Å². The summed E-state index contributed by atoms with van der Waals surface area (Å²) in [6.07, 6.45) is 3.07. The third-order valence-electron chi connectivity index (χ3n) is 6.73. The number of allylic oxidation sites excluding steroid dienone is 1. The van der Waals surface area contributed by atoms with E-state index in [0.29, 0.717) is 31.2 Å². The molecule has 3 heterocycles. The van der Waals surface area contributed by atoms with Gasteiger partial charge < -0.3 is 25.0 Å². The summed E-state index contributed by atoms with van der Waals surface area (Å²) in [6, 6.07) is 16.4. The van der Waals surface area contributed by atoms with E-state index in [9.17, 15) is 5.11 Å². The van der Waals surface area contributed by atoms with Crippen LogP contribution in [-0.2, 0) is 4.74 Å². The van der Waals surface area contributed by atoms with Gasteiger partial charge in [0, 0.05) is 29.9 Å². The number of anilines is 1. The van der Waals surface area contributed by atoms with E-state index in [1.807, 2.05) is 44.2 Å². The molecule has 39 heavy (non-hydrogen) atoms. The fourth-order valence-corrected chi connectivity index (χ4v) is 4.86. The standard InChI is InChI=1S/C30H34N6O3/c1-19-27(20(2)39-35-19)22-10-11-25-24(14-22)29(34-28(33-25)23(15-31)16-32-18-30(3,4)37)36-12-13-38-17-26(36)21-8-6-5-7-9-21/h5-11,14-16,26,37H,12-13,17-18,31H2,1-4H3. The van der Waals surface area contributed by atoms with Crippen LogP contribution < -0.4 is 10.6 Å². The van der Waals surface area contributed by atoms with Gasteiger partial charge >= 0.3 is 0 Å². The van der Waals surface area contributed by atoms with Crippen LogP contribution in [0.2, 0.25) is 0 Å². The molecule has 2 aromatic carbocycles. The number of nitrogens with two attached hydrogens (primary N) is 1. The fourth-order valence-electron chi connectivity index (χ4n) is 4.86. The summed E-state index contributed by atoms with van der Waals surface area (Å²) in [5, 5.41) is 15.1. The maximum absolute atomic E-state index is 10.1. The molecule has 0 bridgehead atoms. The molecule has 3 N–H and O–H groups in total. The lowest BCUT2D eigenvalue weighted by molar-refractivity contribution is 0.0906. The van der Waals surface area contributed by atoms with Crippen molar-refractivity contribution < 1.29 is 14.4 Å². The van der Waals surface area contributed by atoms with Crippen molar-refractivity contribution in [1.82, 2.24) is 15.1 Å². The molecule has 1 aliphatic heterocycles. The first-order valence-electron chi connectivity index (χ1n) is 13.0. The number of nitrogens with zero attached hydrogens (tertiary/aromatic N) is 5. The maximum atomic E-state index is 10.1. The van der Waals surface area contributed by atoms with Crippen LogP contribution in [0.3, 0.4) is 0 Å². The number of hydrogen-bond acceptors (Lipinski definition) is 9. The van der Waals surface area contributed by atoms with Crippen LogP contribution in [0, 0.1) is 13.8 Å². The molecule has 5 rings (SSSR count). The molecule has 0 saturated carbocycles. The molecule has 1 fully saturated rings. The molecule has 0 spiro atoms. The van der Waals surface area contributed by atoms with Gasteiger partial charge in [-0.25, -0.2) is 9.97 Å². The zero-order valence-corrected chi connectivity index (χ0v) is 22.8. The molecule has 1 aliphatic rings. The van der Waals surface area contributed by atoms with E-state index in [1.54, 1.807) is 20.1 Å². The Kier molecular flexibility index (Phi) is 7.45. The first-order chi connectivity index (χ1) is 18.7. The minimum Gasteiger partial charge on any atom is -0.404 e. The van der Waals surface area contributed by atoms with Crippen LogP contribution in [-0.4, -0.2) is 58.4 Å². The number of rotatable bonds is 7. The average Bonchev–Trinajstić information content (AvgIpc) is 3.27. The lowest BCUT2D eigenvalue weighted by Crippen LogP contribution is -2.40. The SMILES string of the molecule is Cc1noc(C)c1-c1ccc2nc(C(C=NCC(C)(C)O)=CN)nc(N3CCOCC3c3ccccc3)c2c1. The highest BCUT2D eigenvalue weighted by Gasteiger charge is 2.28. The van der Waals surface area contributed by atoms with E-state index in [0.717, 1.165) is 44.9 Å². The summed E-state index contributed by atoms with van der Waals surface area (Å²) < 4.78 is 11.4. The minimum absolute atomic E-state index is 0.0252. The number of benzene rings is 2. The van der Waals surface area contributed by atoms with E-state index in [4.69, 9.17) is 25.0 Å². The topological polar surface area (TPSA) is 123 Å². The van der Waals surface area contributed by atoms with Crippen LogP contribution in [0.15, 0.2) is 64.2 Å². The van der Waals surface area contributed by atoms with Crippen LogP contribution in [0.5, 0.6) is 0 Å². The zero-order valence-electron chi connectivity index (χ0n) is 22.8. The number of aryl methyl sites for hydroxylation is 2. The Hall–Kier alpha value is -4.08. The Balaban J connectivity index is 1.68. The monoisotopic (exact) mass is 526 g/mol. The third-order valence-corrected chi connectivity index (χ3v) is 6.73. The number of aromatic nitrogens is 3. The van der Waals surface area contributed by atoms with Crippen LogP contribution in [0.4, 0.5) is 5.82 Å². The maximum Gasteiger partial charge on any atom is 0.165 e. The van der Waals surface area contributed by atoms with E-state index in [-0.39, 0.29) is 12.6 Å². The Morgan fingerprint density at radius 2 is 1.97 bits per heavy atom. The summed E-state index contributed by atoms with van der Waals surface area (Å²) in [4.78, 5) is 16.6. The van der Waals surface area contributed by atoms with E-state index >= 15 is 0 Å². The molecule has 2 aromatic heterocycles. The Morgan fingerprint density at radius 1 is 1.18 bits per heavy atom. The quantitative estimate of drug-likeness (QED) is 0.335. The summed E-state index contributed by atoms with van der Waals surface area (Å²) in [6.45, 7) is 9.29. The molecule has 0 radical (unpaired) electrons. The molecule has 1 unspecified atom stereocenters. The molecular weight excluding hydrogens is 492 g/mol. The molecule has 9 heteroatoms. The second-order valence-electron chi connectivity index (χ2n) is 10.4. The normalized spacial score (nSPS) is 16.9. The van der Waals surface area contributed by atoms with Crippen molar-refractivity contribution in [2.45, 2.75) is 39.3 Å². The molecular formula is C30H34N6O3. The molecule has 9 nitrogen and oxygen atoms in total. The Morgan fingerprint density at radius 3 is 2.67 bits per heavy atom. The van der Waals surface area contributed by atoms with Gasteiger partial charge in [-0.3, -0.25) is 4.99 Å². The van der Waals surface area contributed by atoms with Gasteiger partial charge in [-0.15, -0.1) is 0 Å². The Labute approximate surface area is 228 Å². The summed E-state index contributed by atoms with van der Waals surface area (Å²) >= 11 is 0. The van der Waals surface area contributed by atoms with Gasteiger partial charge in [0.15, 0.2) is 5.82 Å². The van der Waals surface area contributed by atoms with Crippen molar-refractivity contribution in [3.8, 4) is 11.1 Å². The largest absolute Gasteiger partial charge is 0.404 e. The van der Waals surface area contributed by atoms with Crippen molar-refractivity contribution in [3.05, 3.63) is 77.6 Å². The smallest absolute Gasteiger partial charge is 0.165 e. The molecule has 4 aromatic rings. The highest BCUT2D eigenvalue weighted by molar-refractivity contribution is 6.09. The molecule has 1 saturated heterocycles. The van der Waals surface area contributed by atoms with E-state index in [2.05, 4.69) is 33.2 Å². The van der Waals surface area contributed by atoms with Gasteiger partial charge in [-0.05, 0) is 51.0 Å². The van der Waals surface area contributed by atoms with Crippen LogP contribution >= 0.6 is 0 Å². The van der Waals surface area contributed by atoms with Crippen LogP contribution in [0.25, 0.3) is 27.6 Å². The predicted molar refractivity (Wildman–Crippen MR) is 154 cm³/mol. The number of hydrogen-bond donors (Lipinski definition) is 2. The second-order valence-corrected chi connectivity index (χ2v) is 10.4.